The molecule has 0 aromatic carbocycles. The number of hydrogen-bond donors (Lipinski definition) is 1. The number of amides is 2. The molecule has 0 saturated carbocycles. The van der Waals surface area contributed by atoms with Gasteiger partial charge in [0.15, 0.2) is 0 Å². The van der Waals surface area contributed by atoms with Gasteiger partial charge in [0.2, 0.25) is 11.7 Å². The molecule has 0 bridgehead atoms. The van der Waals surface area contributed by atoms with Crippen molar-refractivity contribution in [2.75, 3.05) is 17.7 Å². The van der Waals surface area contributed by atoms with Crippen LogP contribution in [0.4, 0.5) is 5.82 Å². The van der Waals surface area contributed by atoms with Crippen molar-refractivity contribution in [3.8, 4) is 0 Å². The van der Waals surface area contributed by atoms with Crippen LogP contribution in [0.15, 0.2) is 23.6 Å². The molecule has 114 valence electrons. The maximum Gasteiger partial charge on any atom is 0.303 e. The lowest BCUT2D eigenvalue weighted by Gasteiger charge is -2.31. The molecule has 6 nitrogen and oxygen atoms in total. The third kappa shape index (κ3) is 1.42. The summed E-state index contributed by atoms with van der Waals surface area (Å²) in [6.45, 7) is 6.66. The van der Waals surface area contributed by atoms with E-state index in [1.54, 1.807) is 22.9 Å². The summed E-state index contributed by atoms with van der Waals surface area (Å²) < 4.78 is 2.06. The number of nitrogens with one attached hydrogen (secondary N) is 1. The lowest BCUT2D eigenvalue weighted by molar-refractivity contribution is -0.729. The van der Waals surface area contributed by atoms with Gasteiger partial charge in [-0.15, -0.1) is 4.98 Å². The maximum absolute atomic E-state index is 13.1. The van der Waals surface area contributed by atoms with Crippen molar-refractivity contribution in [3.63, 3.8) is 0 Å². The second-order valence-electron chi connectivity index (χ2n) is 6.04. The molecule has 3 aliphatic rings. The number of hydrogen-bond acceptors (Lipinski definition) is 4. The van der Waals surface area contributed by atoms with Crippen LogP contribution in [0.5, 0.6) is 0 Å². The van der Waals surface area contributed by atoms with Crippen molar-refractivity contribution < 1.29 is 14.2 Å². The molecular formula is C15H17N4O2S+. The fraction of sp³-hybridized carbons (Fsp3) is 0.467. The highest BCUT2D eigenvalue weighted by molar-refractivity contribution is 7.98. The minimum absolute atomic E-state index is 0.0338. The topological polar surface area (TPSA) is 66.2 Å². The quantitative estimate of drug-likeness (QED) is 0.356. The van der Waals surface area contributed by atoms with Gasteiger partial charge >= 0.3 is 5.91 Å². The molecule has 2 amide bonds. The summed E-state index contributed by atoms with van der Waals surface area (Å²) in [6, 6.07) is -0.0338. The molecule has 4 heterocycles. The van der Waals surface area contributed by atoms with Gasteiger partial charge in [-0.1, -0.05) is 18.3 Å². The van der Waals surface area contributed by atoms with Gasteiger partial charge in [0, 0.05) is 13.0 Å². The second kappa shape index (κ2) is 4.32. The number of thioether (sulfide) groups is 1. The van der Waals surface area contributed by atoms with Crippen molar-refractivity contribution in [2.24, 2.45) is 5.41 Å². The predicted octanol–water partition coefficient (Wildman–Crippen LogP) is 0.575. The molecule has 7 heteroatoms. The number of anilines is 1. The Kier molecular flexibility index (Phi) is 2.70. The number of carbonyl (C=O) groups is 2. The molecule has 1 fully saturated rings. The van der Waals surface area contributed by atoms with E-state index in [0.717, 1.165) is 16.5 Å². The third-order valence-electron chi connectivity index (χ3n) is 4.98. The highest BCUT2D eigenvalue weighted by atomic mass is 32.2. The van der Waals surface area contributed by atoms with E-state index < -0.39 is 5.41 Å². The van der Waals surface area contributed by atoms with Gasteiger partial charge in [-0.3, -0.25) is 9.59 Å². The molecule has 1 spiro atoms. The normalized spacial score (nSPS) is 29.3. The number of carbonyl (C=O) groups excluding carboxylic acids is 2. The molecule has 3 aliphatic heterocycles. The van der Waals surface area contributed by atoms with Crippen LogP contribution < -0.4 is 14.8 Å². The van der Waals surface area contributed by atoms with E-state index in [4.69, 9.17) is 0 Å². The van der Waals surface area contributed by atoms with Crippen LogP contribution in [-0.2, 0) is 16.0 Å². The Morgan fingerprint density at radius 3 is 2.95 bits per heavy atom. The van der Waals surface area contributed by atoms with E-state index in [1.165, 1.54) is 0 Å². The third-order valence-corrected chi connectivity index (χ3v) is 5.65. The van der Waals surface area contributed by atoms with E-state index in [0.29, 0.717) is 25.1 Å². The van der Waals surface area contributed by atoms with E-state index >= 15 is 0 Å². The highest BCUT2D eigenvalue weighted by Crippen LogP contribution is 2.46. The molecule has 1 saturated heterocycles. The van der Waals surface area contributed by atoms with Crippen LogP contribution in [0.1, 0.15) is 24.9 Å². The van der Waals surface area contributed by atoms with Crippen LogP contribution in [0, 0.1) is 5.41 Å². The Bertz CT molecular complexity index is 747. The largest absolute Gasteiger partial charge is 0.355 e. The van der Waals surface area contributed by atoms with Gasteiger partial charge in [-0.2, -0.15) is 4.90 Å². The van der Waals surface area contributed by atoms with Gasteiger partial charge in [0.05, 0.1) is 5.56 Å². The molecule has 4 rings (SSSR count). The van der Waals surface area contributed by atoms with Gasteiger partial charge in [-0.05, 0) is 19.6 Å². The van der Waals surface area contributed by atoms with Crippen LogP contribution in [0.25, 0.3) is 0 Å². The molecule has 2 atom stereocenters. The summed E-state index contributed by atoms with van der Waals surface area (Å²) in [5.74, 6) is 0.527. The van der Waals surface area contributed by atoms with Crippen molar-refractivity contribution >= 4 is 29.4 Å². The fourth-order valence-electron chi connectivity index (χ4n) is 3.73. The van der Waals surface area contributed by atoms with Crippen molar-refractivity contribution in [1.29, 1.82) is 0 Å². The Balaban J connectivity index is 1.97. The van der Waals surface area contributed by atoms with Gasteiger partial charge in [-0.25, -0.2) is 4.57 Å². The summed E-state index contributed by atoms with van der Waals surface area (Å²) in [5.41, 5.74) is 0.675. The van der Waals surface area contributed by atoms with Crippen molar-refractivity contribution in [3.05, 3.63) is 24.0 Å². The van der Waals surface area contributed by atoms with Crippen LogP contribution in [0.3, 0.4) is 0 Å². The van der Waals surface area contributed by atoms with Gasteiger partial charge in [0.1, 0.15) is 23.4 Å². The summed E-state index contributed by atoms with van der Waals surface area (Å²) in [5, 5.41) is 3.66. The molecule has 2 unspecified atom stereocenters. The zero-order chi connectivity index (χ0) is 15.6. The summed E-state index contributed by atoms with van der Waals surface area (Å²) in [6.07, 6.45) is 4.72. The first kappa shape index (κ1) is 13.8. The molecule has 0 radical (unpaired) electrons. The summed E-state index contributed by atoms with van der Waals surface area (Å²) in [4.78, 5) is 31.6. The lowest BCUT2D eigenvalue weighted by Crippen LogP contribution is -2.53. The lowest BCUT2D eigenvalue weighted by atomic mass is 9.76. The Labute approximate surface area is 132 Å². The average Bonchev–Trinajstić information content (AvgIpc) is 2.99. The van der Waals surface area contributed by atoms with Gasteiger partial charge < -0.3 is 5.32 Å². The number of allylic oxidation sites excluding steroid dienone is 1. The summed E-state index contributed by atoms with van der Waals surface area (Å²) in [7, 11) is 0. The van der Waals surface area contributed by atoms with E-state index in [2.05, 4.69) is 21.4 Å². The first-order valence-corrected chi connectivity index (χ1v) is 8.53. The van der Waals surface area contributed by atoms with Crippen LogP contribution in [0.2, 0.25) is 0 Å². The molecule has 1 N–H and O–H groups in total. The zero-order valence-electron chi connectivity index (χ0n) is 12.5. The molecule has 0 aliphatic carbocycles. The molecule has 1 aromatic rings. The van der Waals surface area contributed by atoms with E-state index in [1.807, 2.05) is 13.2 Å². The van der Waals surface area contributed by atoms with Crippen LogP contribution >= 0.6 is 11.8 Å². The monoisotopic (exact) mass is 317 g/mol. The molecule has 1 aromatic heterocycles. The highest BCUT2D eigenvalue weighted by Gasteiger charge is 2.61. The average molecular weight is 317 g/mol. The smallest absolute Gasteiger partial charge is 0.303 e. The van der Waals surface area contributed by atoms with E-state index in [-0.39, 0.29) is 17.9 Å². The maximum atomic E-state index is 13.1. The Hall–Kier alpha value is -1.89. The minimum Gasteiger partial charge on any atom is -0.355 e. The molecule has 22 heavy (non-hydrogen) atoms. The standard InChI is InChI=1S/C15H16N4O2S/c1-8-9(2)19-11-10(7-17-14(19)22-3)6-15(13(21)18(8)11)4-5-16-12(15)20/h7,9H,1,4-6H2,2-3H3/p+1. The SMILES string of the molecule is C=C1C(C)[n+]2c(SC)ncc3c2N1C(=O)C1(CCNC1=O)C3. The second-order valence-corrected chi connectivity index (χ2v) is 6.81. The summed E-state index contributed by atoms with van der Waals surface area (Å²) >= 11 is 1.54. The van der Waals surface area contributed by atoms with Crippen molar-refractivity contribution in [2.45, 2.75) is 31.0 Å². The van der Waals surface area contributed by atoms with Gasteiger partial charge in [0.25, 0.3) is 5.16 Å². The number of nitrogens with zero attached hydrogens (tertiary/aromatic N) is 3. The first-order chi connectivity index (χ1) is 10.5. The number of aromatic nitrogens is 2. The van der Waals surface area contributed by atoms with E-state index in [9.17, 15) is 9.59 Å². The zero-order valence-corrected chi connectivity index (χ0v) is 13.4. The van der Waals surface area contributed by atoms with Crippen molar-refractivity contribution in [1.82, 2.24) is 10.3 Å². The molecular weight excluding hydrogens is 300 g/mol. The predicted molar refractivity (Wildman–Crippen MR) is 81.3 cm³/mol. The Morgan fingerprint density at radius 1 is 1.55 bits per heavy atom. The number of rotatable bonds is 1. The fourth-order valence-corrected chi connectivity index (χ4v) is 4.33. The van der Waals surface area contributed by atoms with Crippen LogP contribution in [-0.4, -0.2) is 29.6 Å². The minimum atomic E-state index is -0.986. The first-order valence-electron chi connectivity index (χ1n) is 7.30. The Morgan fingerprint density at radius 2 is 2.32 bits per heavy atom.